The third kappa shape index (κ3) is 1.90. The van der Waals surface area contributed by atoms with Crippen LogP contribution in [0, 0.1) is 11.2 Å². The van der Waals surface area contributed by atoms with Crippen LogP contribution in [0.1, 0.15) is 38.6 Å². The molecule has 1 N–H and O–H groups in total. The highest BCUT2D eigenvalue weighted by Crippen LogP contribution is 2.40. The van der Waals surface area contributed by atoms with E-state index in [1.54, 1.807) is 6.07 Å². The second kappa shape index (κ2) is 4.05. The van der Waals surface area contributed by atoms with Gasteiger partial charge in [-0.2, -0.15) is 0 Å². The van der Waals surface area contributed by atoms with Crippen LogP contribution in [0.3, 0.4) is 0 Å². The fraction of sp³-hybridized carbons (Fsp3) is 0.500. The van der Waals surface area contributed by atoms with Crippen LogP contribution in [0.2, 0.25) is 0 Å². The molecular formula is C14H17FN2O. The number of nitrogens with one attached hydrogen (secondary N) is 1. The number of rotatable bonds is 1. The molecule has 1 aliphatic rings. The molecule has 1 aliphatic heterocycles. The Morgan fingerprint density at radius 3 is 3.06 bits per heavy atom. The van der Waals surface area contributed by atoms with Gasteiger partial charge < -0.3 is 9.73 Å². The van der Waals surface area contributed by atoms with Crippen molar-refractivity contribution >= 4 is 11.1 Å². The average molecular weight is 248 g/mol. The molecule has 0 amide bonds. The summed E-state index contributed by atoms with van der Waals surface area (Å²) in [5, 5.41) is 3.45. The van der Waals surface area contributed by atoms with E-state index in [1.165, 1.54) is 18.6 Å². The first kappa shape index (κ1) is 11.7. The van der Waals surface area contributed by atoms with Crippen molar-refractivity contribution in [3.8, 4) is 0 Å². The summed E-state index contributed by atoms with van der Waals surface area (Å²) in [6.07, 6.45) is 2.30. The van der Waals surface area contributed by atoms with Gasteiger partial charge in [-0.25, -0.2) is 9.37 Å². The molecule has 0 bridgehead atoms. The van der Waals surface area contributed by atoms with Crippen LogP contribution in [0.5, 0.6) is 0 Å². The van der Waals surface area contributed by atoms with Crippen LogP contribution in [0.15, 0.2) is 22.6 Å². The number of fused-ring (bicyclic) bond motifs is 1. The lowest BCUT2D eigenvalue weighted by atomic mass is 9.77. The van der Waals surface area contributed by atoms with Gasteiger partial charge in [-0.3, -0.25) is 0 Å². The molecular weight excluding hydrogens is 231 g/mol. The zero-order valence-corrected chi connectivity index (χ0v) is 10.7. The molecule has 3 rings (SSSR count). The Kier molecular flexibility index (Phi) is 2.63. The maximum atomic E-state index is 13.1. The fourth-order valence-electron chi connectivity index (χ4n) is 2.67. The summed E-state index contributed by atoms with van der Waals surface area (Å²) in [5.74, 6) is 0.376. The lowest BCUT2D eigenvalue weighted by molar-refractivity contribution is 0.157. The van der Waals surface area contributed by atoms with Crippen molar-refractivity contribution in [3.05, 3.63) is 29.9 Å². The van der Waals surface area contributed by atoms with Crippen molar-refractivity contribution in [1.29, 1.82) is 0 Å². The summed E-state index contributed by atoms with van der Waals surface area (Å²) in [6, 6.07) is 4.56. The van der Waals surface area contributed by atoms with Crippen LogP contribution >= 0.6 is 0 Å². The quantitative estimate of drug-likeness (QED) is 0.840. The molecule has 1 fully saturated rings. The molecule has 0 radical (unpaired) electrons. The topological polar surface area (TPSA) is 38.1 Å². The molecule has 2 aromatic rings. The summed E-state index contributed by atoms with van der Waals surface area (Å²) in [7, 11) is 0. The molecule has 1 aromatic heterocycles. The molecule has 4 heteroatoms. The lowest BCUT2D eigenvalue weighted by Crippen LogP contribution is -2.39. The average Bonchev–Trinajstić information content (AvgIpc) is 2.70. The fourth-order valence-corrected chi connectivity index (χ4v) is 2.67. The van der Waals surface area contributed by atoms with Gasteiger partial charge in [-0.05, 0) is 36.9 Å². The van der Waals surface area contributed by atoms with Gasteiger partial charge >= 0.3 is 0 Å². The Balaban J connectivity index is 2.03. The van der Waals surface area contributed by atoms with E-state index in [0.29, 0.717) is 11.5 Å². The smallest absolute Gasteiger partial charge is 0.213 e. The molecule has 96 valence electrons. The van der Waals surface area contributed by atoms with Gasteiger partial charge in [-0.1, -0.05) is 13.8 Å². The van der Waals surface area contributed by atoms with Crippen LogP contribution in [-0.2, 0) is 0 Å². The number of benzene rings is 1. The van der Waals surface area contributed by atoms with Crippen LogP contribution in [0.4, 0.5) is 4.39 Å². The predicted molar refractivity (Wildman–Crippen MR) is 67.7 cm³/mol. The molecule has 0 saturated carbocycles. The molecule has 0 aliphatic carbocycles. The third-order valence-corrected chi connectivity index (χ3v) is 3.74. The first-order valence-electron chi connectivity index (χ1n) is 6.36. The summed E-state index contributed by atoms with van der Waals surface area (Å²) in [5.41, 5.74) is 1.35. The highest BCUT2D eigenvalue weighted by atomic mass is 19.1. The van der Waals surface area contributed by atoms with E-state index >= 15 is 0 Å². The lowest BCUT2D eigenvalue weighted by Gasteiger charge is -2.37. The minimum atomic E-state index is -0.291. The predicted octanol–water partition coefficient (Wildman–Crippen LogP) is 3.42. The Labute approximate surface area is 105 Å². The maximum Gasteiger partial charge on any atom is 0.213 e. The van der Waals surface area contributed by atoms with Gasteiger partial charge in [0.2, 0.25) is 5.89 Å². The second-order valence-electron chi connectivity index (χ2n) is 5.64. The molecule has 18 heavy (non-hydrogen) atoms. The molecule has 2 heterocycles. The van der Waals surface area contributed by atoms with Crippen molar-refractivity contribution in [2.24, 2.45) is 5.41 Å². The number of piperidine rings is 1. The monoisotopic (exact) mass is 248 g/mol. The highest BCUT2D eigenvalue weighted by Gasteiger charge is 2.36. The van der Waals surface area contributed by atoms with Gasteiger partial charge in [0.15, 0.2) is 5.58 Å². The van der Waals surface area contributed by atoms with Crippen molar-refractivity contribution in [2.75, 3.05) is 6.54 Å². The van der Waals surface area contributed by atoms with Gasteiger partial charge in [0.25, 0.3) is 0 Å². The van der Waals surface area contributed by atoms with Gasteiger partial charge in [0, 0.05) is 6.07 Å². The van der Waals surface area contributed by atoms with E-state index in [2.05, 4.69) is 24.1 Å². The first-order valence-corrected chi connectivity index (χ1v) is 6.36. The second-order valence-corrected chi connectivity index (χ2v) is 5.64. The third-order valence-electron chi connectivity index (χ3n) is 3.74. The van der Waals surface area contributed by atoms with Crippen LogP contribution in [0.25, 0.3) is 11.1 Å². The Bertz CT molecular complexity index is 576. The summed E-state index contributed by atoms with van der Waals surface area (Å²) in [6.45, 7) is 5.39. The normalized spacial score (nSPS) is 23.4. The minimum absolute atomic E-state index is 0.0988. The molecule has 0 spiro atoms. The number of hydrogen-bond donors (Lipinski definition) is 1. The van der Waals surface area contributed by atoms with Crippen molar-refractivity contribution < 1.29 is 8.81 Å². The maximum absolute atomic E-state index is 13.1. The van der Waals surface area contributed by atoms with Crippen molar-refractivity contribution in [2.45, 2.75) is 32.7 Å². The highest BCUT2D eigenvalue weighted by molar-refractivity contribution is 5.72. The molecule has 3 nitrogen and oxygen atoms in total. The summed E-state index contributed by atoms with van der Waals surface area (Å²) >= 11 is 0. The van der Waals surface area contributed by atoms with Gasteiger partial charge in [-0.15, -0.1) is 0 Å². The van der Waals surface area contributed by atoms with E-state index < -0.39 is 0 Å². The van der Waals surface area contributed by atoms with E-state index in [4.69, 9.17) is 4.42 Å². The molecule has 1 atom stereocenters. The number of halogens is 1. The van der Waals surface area contributed by atoms with Gasteiger partial charge in [0.1, 0.15) is 11.3 Å². The van der Waals surface area contributed by atoms with Crippen molar-refractivity contribution in [3.63, 3.8) is 0 Å². The Hall–Kier alpha value is -1.42. The zero-order chi connectivity index (χ0) is 12.8. The first-order chi connectivity index (χ1) is 8.56. The van der Waals surface area contributed by atoms with E-state index in [9.17, 15) is 4.39 Å². The standard InChI is InChI=1S/C14H17FN2O/c1-14(2)6-3-7-16-12(14)13-17-10-5-4-9(15)8-11(10)18-13/h4-5,8,12,16H,3,6-7H2,1-2H3. The molecule has 1 unspecified atom stereocenters. The largest absolute Gasteiger partial charge is 0.439 e. The Morgan fingerprint density at radius 1 is 1.44 bits per heavy atom. The zero-order valence-electron chi connectivity index (χ0n) is 10.7. The number of aromatic nitrogens is 1. The van der Waals surface area contributed by atoms with Crippen LogP contribution in [-0.4, -0.2) is 11.5 Å². The van der Waals surface area contributed by atoms with Crippen molar-refractivity contribution in [1.82, 2.24) is 10.3 Å². The minimum Gasteiger partial charge on any atom is -0.439 e. The van der Waals surface area contributed by atoms with E-state index in [1.807, 2.05) is 0 Å². The number of nitrogens with zero attached hydrogens (tertiary/aromatic N) is 1. The number of hydrogen-bond acceptors (Lipinski definition) is 3. The van der Waals surface area contributed by atoms with E-state index in [-0.39, 0.29) is 17.3 Å². The molecule has 1 aromatic carbocycles. The summed E-state index contributed by atoms with van der Waals surface area (Å²) in [4.78, 5) is 4.48. The SMILES string of the molecule is CC1(C)CCCNC1c1nc2ccc(F)cc2o1. The van der Waals surface area contributed by atoms with Crippen LogP contribution < -0.4 is 5.32 Å². The summed E-state index contributed by atoms with van der Waals surface area (Å²) < 4.78 is 18.8. The molecule has 1 saturated heterocycles. The number of oxazole rings is 1. The Morgan fingerprint density at radius 2 is 2.28 bits per heavy atom. The van der Waals surface area contributed by atoms with E-state index in [0.717, 1.165) is 18.5 Å². The van der Waals surface area contributed by atoms with Gasteiger partial charge in [0.05, 0.1) is 6.04 Å².